The lowest BCUT2D eigenvalue weighted by Gasteiger charge is -2.14. The van der Waals surface area contributed by atoms with Crippen molar-refractivity contribution in [2.45, 2.75) is 10.9 Å². The smallest absolute Gasteiger partial charge is 0.162 e. The fraction of sp³-hybridized carbons (Fsp3) is 0.179. The number of rotatable bonds is 9. The number of ether oxygens (including phenoxy) is 3. The molecular formula is C28H25Cl2N5O3S. The van der Waals surface area contributed by atoms with Crippen molar-refractivity contribution >= 4 is 62.5 Å². The zero-order valence-corrected chi connectivity index (χ0v) is 23.5. The molecule has 0 spiro atoms. The first-order valence-electron chi connectivity index (χ1n) is 11.9. The van der Waals surface area contributed by atoms with E-state index in [1.165, 1.54) is 0 Å². The zero-order valence-electron chi connectivity index (χ0n) is 21.2. The Hall–Kier alpha value is -3.50. The van der Waals surface area contributed by atoms with Gasteiger partial charge in [-0.1, -0.05) is 23.2 Å². The van der Waals surface area contributed by atoms with Crippen molar-refractivity contribution in [1.82, 2.24) is 15.0 Å². The van der Waals surface area contributed by atoms with Gasteiger partial charge in [-0.15, -0.1) is 11.8 Å². The van der Waals surface area contributed by atoms with Gasteiger partial charge in [0.1, 0.15) is 18.2 Å². The summed E-state index contributed by atoms with van der Waals surface area (Å²) in [5, 5.41) is 3.68. The molecule has 0 aliphatic heterocycles. The molecule has 11 heteroatoms. The summed E-state index contributed by atoms with van der Waals surface area (Å²) in [4.78, 5) is 14.4. The number of aromatic nitrogens is 3. The second-order valence-electron chi connectivity index (χ2n) is 8.70. The summed E-state index contributed by atoms with van der Waals surface area (Å²) < 4.78 is 16.9. The molecule has 5 aromatic rings. The van der Waals surface area contributed by atoms with Gasteiger partial charge < -0.3 is 25.7 Å². The molecule has 0 fully saturated rings. The van der Waals surface area contributed by atoms with Crippen molar-refractivity contribution in [3.63, 3.8) is 0 Å². The van der Waals surface area contributed by atoms with Crippen LogP contribution in [-0.4, -0.2) is 47.6 Å². The molecule has 0 aliphatic rings. The largest absolute Gasteiger partial charge is 0.493 e. The van der Waals surface area contributed by atoms with E-state index in [4.69, 9.17) is 48.9 Å². The van der Waals surface area contributed by atoms with E-state index in [1.54, 1.807) is 56.7 Å². The molecule has 3 heterocycles. The van der Waals surface area contributed by atoms with Gasteiger partial charge in [-0.25, -0.2) is 4.98 Å². The highest BCUT2D eigenvalue weighted by Crippen LogP contribution is 2.37. The van der Waals surface area contributed by atoms with Crippen molar-refractivity contribution in [1.29, 1.82) is 0 Å². The number of fused-ring (bicyclic) bond motifs is 3. The Morgan fingerprint density at radius 3 is 2.49 bits per heavy atom. The third-order valence-electron chi connectivity index (χ3n) is 6.03. The molecule has 2 aromatic carbocycles. The molecule has 0 amide bonds. The summed E-state index contributed by atoms with van der Waals surface area (Å²) in [6, 6.07) is 12.7. The van der Waals surface area contributed by atoms with Gasteiger partial charge in [0.2, 0.25) is 0 Å². The van der Waals surface area contributed by atoms with Crippen molar-refractivity contribution in [3.05, 3.63) is 71.1 Å². The average Bonchev–Trinajstić information content (AvgIpc) is 2.94. The van der Waals surface area contributed by atoms with Crippen LogP contribution >= 0.6 is 35.0 Å². The Morgan fingerprint density at radius 2 is 1.72 bits per heavy atom. The van der Waals surface area contributed by atoms with E-state index in [0.29, 0.717) is 51.2 Å². The van der Waals surface area contributed by atoms with Crippen LogP contribution in [0.2, 0.25) is 10.0 Å². The van der Waals surface area contributed by atoms with Gasteiger partial charge in [0.05, 0.1) is 36.6 Å². The maximum Gasteiger partial charge on any atom is 0.162 e. The second-order valence-corrected chi connectivity index (χ2v) is 10.6. The van der Waals surface area contributed by atoms with Crippen LogP contribution in [0.1, 0.15) is 0 Å². The highest BCUT2D eigenvalue weighted by Gasteiger charge is 2.14. The van der Waals surface area contributed by atoms with Gasteiger partial charge in [0, 0.05) is 56.5 Å². The van der Waals surface area contributed by atoms with Crippen LogP contribution in [0.5, 0.6) is 17.2 Å². The molecule has 0 saturated heterocycles. The molecule has 0 unspecified atom stereocenters. The first-order chi connectivity index (χ1) is 18.9. The minimum atomic E-state index is -0.231. The average molecular weight is 583 g/mol. The van der Waals surface area contributed by atoms with E-state index in [9.17, 15) is 0 Å². The maximum atomic E-state index is 6.35. The van der Waals surface area contributed by atoms with Crippen LogP contribution in [0.25, 0.3) is 32.9 Å². The fourth-order valence-corrected chi connectivity index (χ4v) is 5.51. The van der Waals surface area contributed by atoms with Crippen LogP contribution in [0.3, 0.4) is 0 Å². The number of nitrogens with zero attached hydrogens (tertiary/aromatic N) is 3. The topological polar surface area (TPSA) is 118 Å². The van der Waals surface area contributed by atoms with Crippen molar-refractivity contribution < 1.29 is 14.2 Å². The van der Waals surface area contributed by atoms with Gasteiger partial charge in [-0.2, -0.15) is 0 Å². The van der Waals surface area contributed by atoms with Crippen LogP contribution in [0.15, 0.2) is 66.0 Å². The Balaban J connectivity index is 1.37. The van der Waals surface area contributed by atoms with Gasteiger partial charge in [0.15, 0.2) is 11.5 Å². The summed E-state index contributed by atoms with van der Waals surface area (Å²) in [5.41, 5.74) is 14.8. The summed E-state index contributed by atoms with van der Waals surface area (Å²) in [5.74, 6) is 2.75. The minimum Gasteiger partial charge on any atom is -0.493 e. The molecule has 5 rings (SSSR count). The third kappa shape index (κ3) is 5.91. The van der Waals surface area contributed by atoms with Crippen LogP contribution in [0, 0.1) is 0 Å². The number of nitrogens with two attached hydrogens (primary N) is 2. The van der Waals surface area contributed by atoms with E-state index in [-0.39, 0.29) is 6.04 Å². The number of halogens is 2. The van der Waals surface area contributed by atoms with Gasteiger partial charge in [-0.3, -0.25) is 9.97 Å². The molecule has 0 radical (unpaired) electrons. The lowest BCUT2D eigenvalue weighted by atomic mass is 10.0. The van der Waals surface area contributed by atoms with Crippen LogP contribution in [0.4, 0.5) is 5.82 Å². The predicted molar refractivity (Wildman–Crippen MR) is 158 cm³/mol. The first kappa shape index (κ1) is 27.1. The minimum absolute atomic E-state index is 0.231. The van der Waals surface area contributed by atoms with E-state index < -0.39 is 0 Å². The van der Waals surface area contributed by atoms with E-state index in [2.05, 4.69) is 15.0 Å². The normalized spacial score (nSPS) is 12.0. The van der Waals surface area contributed by atoms with Crippen molar-refractivity contribution in [3.8, 4) is 28.5 Å². The van der Waals surface area contributed by atoms with Crippen molar-refractivity contribution in [2.75, 3.05) is 32.3 Å². The van der Waals surface area contributed by atoms with Gasteiger partial charge in [-0.05, 0) is 41.8 Å². The van der Waals surface area contributed by atoms with Crippen LogP contribution < -0.4 is 25.7 Å². The quantitative estimate of drug-likeness (QED) is 0.154. The lowest BCUT2D eigenvalue weighted by Crippen LogP contribution is -2.30. The number of hydrogen-bond donors (Lipinski definition) is 2. The lowest BCUT2D eigenvalue weighted by molar-refractivity contribution is 0.297. The molecule has 200 valence electrons. The van der Waals surface area contributed by atoms with E-state index in [1.807, 2.05) is 30.3 Å². The molecule has 4 N–H and O–H groups in total. The summed E-state index contributed by atoms with van der Waals surface area (Å²) in [6.45, 7) is 0.300. The summed E-state index contributed by atoms with van der Waals surface area (Å²) in [7, 11) is 3.19. The number of hydrogen-bond acceptors (Lipinski definition) is 9. The predicted octanol–water partition coefficient (Wildman–Crippen LogP) is 6.25. The number of thioether (sulfide) groups is 1. The molecular weight excluding hydrogens is 557 g/mol. The third-order valence-corrected chi connectivity index (χ3v) is 7.95. The molecule has 8 nitrogen and oxygen atoms in total. The van der Waals surface area contributed by atoms with Gasteiger partial charge in [0.25, 0.3) is 0 Å². The van der Waals surface area contributed by atoms with Crippen LogP contribution in [-0.2, 0) is 0 Å². The Morgan fingerprint density at radius 1 is 0.923 bits per heavy atom. The zero-order chi connectivity index (χ0) is 27.5. The Kier molecular flexibility index (Phi) is 8.13. The Bertz CT molecular complexity index is 1670. The number of methoxy groups -OCH3 is 2. The molecule has 1 atom stereocenters. The number of anilines is 1. The molecule has 0 aliphatic carbocycles. The SMILES string of the molecule is COc1cc2ncc3c(N)nc(-c4cncc(OC[C@@H](N)CSc5ccc(Cl)cc5Cl)c4)cc3c2cc1OC. The summed E-state index contributed by atoms with van der Waals surface area (Å²) in [6.07, 6.45) is 5.07. The Labute approximate surface area is 239 Å². The molecule has 3 aromatic heterocycles. The number of benzene rings is 2. The monoisotopic (exact) mass is 581 g/mol. The standard InChI is InChI=1S/C28H25Cl2N5O3S/c1-36-25-8-20-19-7-23(35-28(32)21(19)12-34-24(20)9-26(25)37-2)15-5-18(11-33-10-15)38-13-17(31)14-39-27-4-3-16(29)6-22(27)30/h3-12,17H,13-14,31H2,1-2H3,(H2,32,35)/t17-/m1/s1. The second kappa shape index (κ2) is 11.7. The van der Waals surface area contributed by atoms with E-state index in [0.717, 1.165) is 32.1 Å². The molecule has 0 bridgehead atoms. The van der Waals surface area contributed by atoms with Gasteiger partial charge >= 0.3 is 0 Å². The molecule has 39 heavy (non-hydrogen) atoms. The number of pyridine rings is 3. The van der Waals surface area contributed by atoms with E-state index >= 15 is 0 Å². The summed E-state index contributed by atoms with van der Waals surface area (Å²) >= 11 is 13.8. The number of nitrogen functional groups attached to an aromatic ring is 1. The first-order valence-corrected chi connectivity index (χ1v) is 13.6. The maximum absolute atomic E-state index is 6.35. The fourth-order valence-electron chi connectivity index (χ4n) is 4.08. The molecule has 0 saturated carbocycles. The van der Waals surface area contributed by atoms with Crippen molar-refractivity contribution in [2.24, 2.45) is 5.73 Å². The highest BCUT2D eigenvalue weighted by atomic mass is 35.5. The highest BCUT2D eigenvalue weighted by molar-refractivity contribution is 7.99.